The third kappa shape index (κ3) is 5.62. The number of ether oxygens (including phenoxy) is 2. The molecule has 144 valence electrons. The van der Waals surface area contributed by atoms with E-state index >= 15 is 0 Å². The van der Waals surface area contributed by atoms with Crippen molar-refractivity contribution in [3.05, 3.63) is 30.5 Å². The number of carbonyl (C=O) groups is 2. The lowest BCUT2D eigenvalue weighted by Gasteiger charge is -2.10. The van der Waals surface area contributed by atoms with Crippen LogP contribution in [0.3, 0.4) is 0 Å². The van der Waals surface area contributed by atoms with Gasteiger partial charge in [0.15, 0.2) is 5.82 Å². The van der Waals surface area contributed by atoms with Crippen LogP contribution in [0.2, 0.25) is 0 Å². The summed E-state index contributed by atoms with van der Waals surface area (Å²) in [6.45, 7) is 0.875. The summed E-state index contributed by atoms with van der Waals surface area (Å²) in [5.41, 5.74) is 0.254. The van der Waals surface area contributed by atoms with Gasteiger partial charge in [0.05, 0.1) is 6.20 Å². The highest BCUT2D eigenvalue weighted by atomic mass is 19.4. The molecule has 1 aromatic heterocycles. The van der Waals surface area contributed by atoms with E-state index in [0.717, 1.165) is 25.0 Å². The molecular weight excluding hydrogens is 369 g/mol. The number of anilines is 2. The molecule has 0 spiro atoms. The van der Waals surface area contributed by atoms with E-state index in [1.165, 1.54) is 18.3 Å². The van der Waals surface area contributed by atoms with Gasteiger partial charge in [-0.3, -0.25) is 14.7 Å². The number of aromatic nitrogens is 2. The number of imidazole rings is 1. The Labute approximate surface area is 151 Å². The number of benzene rings is 1. The summed E-state index contributed by atoms with van der Waals surface area (Å²) in [7, 11) is 0. The lowest BCUT2D eigenvalue weighted by Crippen LogP contribution is -2.20. The molecule has 1 saturated carbocycles. The van der Waals surface area contributed by atoms with Crippen molar-refractivity contribution >= 4 is 24.0 Å². The highest BCUT2D eigenvalue weighted by Gasteiger charge is 2.31. The third-order valence-corrected chi connectivity index (χ3v) is 3.63. The van der Waals surface area contributed by atoms with Crippen LogP contribution in [0.4, 0.5) is 29.5 Å². The number of hydrogen-bond donors (Lipinski definition) is 2. The Hall–Kier alpha value is -3.24. The van der Waals surface area contributed by atoms with Crippen LogP contribution in [0.1, 0.15) is 12.8 Å². The van der Waals surface area contributed by atoms with Gasteiger partial charge in [0.25, 0.3) is 0 Å². The maximum absolute atomic E-state index is 12.1. The van der Waals surface area contributed by atoms with E-state index in [0.29, 0.717) is 12.5 Å². The molecule has 3 rings (SSSR count). The average Bonchev–Trinajstić information content (AvgIpc) is 3.31. The van der Waals surface area contributed by atoms with E-state index < -0.39 is 18.1 Å². The molecule has 0 unspecified atom stereocenters. The summed E-state index contributed by atoms with van der Waals surface area (Å²) in [6, 6.07) is 4.07. The van der Waals surface area contributed by atoms with Crippen molar-refractivity contribution in [2.24, 2.45) is 5.92 Å². The smallest absolute Gasteiger partial charge is 0.406 e. The van der Waals surface area contributed by atoms with Crippen LogP contribution in [-0.4, -0.2) is 28.4 Å². The maximum atomic E-state index is 12.1. The number of urea groups is 1. The van der Waals surface area contributed by atoms with Gasteiger partial charge in [0.1, 0.15) is 5.75 Å². The van der Waals surface area contributed by atoms with Crippen molar-refractivity contribution in [2.75, 3.05) is 10.6 Å². The van der Waals surface area contributed by atoms with E-state index in [2.05, 4.69) is 20.4 Å². The van der Waals surface area contributed by atoms with Crippen LogP contribution < -0.4 is 20.1 Å². The first kappa shape index (κ1) is 18.5. The second-order valence-corrected chi connectivity index (χ2v) is 5.87. The van der Waals surface area contributed by atoms with Gasteiger partial charge < -0.3 is 14.8 Å². The lowest BCUT2D eigenvalue weighted by molar-refractivity contribution is -0.274. The number of nitrogens with one attached hydrogen (secondary N) is 2. The average molecular weight is 384 g/mol. The van der Waals surface area contributed by atoms with E-state index in [4.69, 9.17) is 4.74 Å². The van der Waals surface area contributed by atoms with Crippen LogP contribution in [0.15, 0.2) is 30.5 Å². The van der Waals surface area contributed by atoms with E-state index in [9.17, 15) is 22.8 Å². The minimum atomic E-state index is -4.78. The standard InChI is InChI=1S/C16H15F3N4O4/c17-16(18,19)27-12-5-3-11(4-6-12)20-14(25)21-13-8-23(7-10-1-2-10)15(22-13)26-9-24/h3-6,8-10H,1-2,7H2,(H2,20,21,25). The Morgan fingerprint density at radius 1 is 1.26 bits per heavy atom. The molecule has 1 aromatic carbocycles. The molecule has 2 amide bonds. The summed E-state index contributed by atoms with van der Waals surface area (Å²) < 4.78 is 46.5. The molecule has 2 N–H and O–H groups in total. The van der Waals surface area contributed by atoms with Crippen molar-refractivity contribution in [3.63, 3.8) is 0 Å². The lowest BCUT2D eigenvalue weighted by atomic mass is 10.3. The number of amides is 2. The monoisotopic (exact) mass is 384 g/mol. The number of hydrogen-bond acceptors (Lipinski definition) is 5. The Balaban J connectivity index is 1.59. The predicted octanol–water partition coefficient (Wildman–Crippen LogP) is 3.37. The first-order valence-electron chi connectivity index (χ1n) is 7.93. The maximum Gasteiger partial charge on any atom is 0.573 e. The zero-order valence-corrected chi connectivity index (χ0v) is 13.8. The zero-order valence-electron chi connectivity index (χ0n) is 13.8. The molecule has 1 heterocycles. The van der Waals surface area contributed by atoms with Gasteiger partial charge in [-0.2, -0.15) is 4.98 Å². The van der Waals surface area contributed by atoms with Crippen molar-refractivity contribution in [2.45, 2.75) is 25.7 Å². The Kier molecular flexibility index (Phi) is 5.19. The largest absolute Gasteiger partial charge is 0.573 e. The van der Waals surface area contributed by atoms with E-state index in [1.807, 2.05) is 0 Å². The van der Waals surface area contributed by atoms with Crippen molar-refractivity contribution in [1.29, 1.82) is 0 Å². The Morgan fingerprint density at radius 3 is 2.56 bits per heavy atom. The predicted molar refractivity (Wildman–Crippen MR) is 87.4 cm³/mol. The quantitative estimate of drug-likeness (QED) is 0.714. The number of nitrogens with zero attached hydrogens (tertiary/aromatic N) is 2. The zero-order chi connectivity index (χ0) is 19.4. The SMILES string of the molecule is O=COc1nc(NC(=O)Nc2ccc(OC(F)(F)F)cc2)cn1CC1CC1. The first-order chi connectivity index (χ1) is 12.8. The summed E-state index contributed by atoms with van der Waals surface area (Å²) >= 11 is 0. The fourth-order valence-electron chi connectivity index (χ4n) is 2.32. The van der Waals surface area contributed by atoms with Crippen LogP contribution in [0.25, 0.3) is 0 Å². The normalized spacial score (nSPS) is 13.7. The van der Waals surface area contributed by atoms with Crippen molar-refractivity contribution in [1.82, 2.24) is 9.55 Å². The van der Waals surface area contributed by atoms with E-state index in [-0.39, 0.29) is 24.0 Å². The van der Waals surface area contributed by atoms with Gasteiger partial charge in [-0.25, -0.2) is 4.79 Å². The molecule has 1 aliphatic carbocycles. The number of rotatable bonds is 7. The fourth-order valence-corrected chi connectivity index (χ4v) is 2.32. The Bertz CT molecular complexity index is 816. The molecule has 1 aliphatic rings. The van der Waals surface area contributed by atoms with Gasteiger partial charge in [0.2, 0.25) is 0 Å². The second kappa shape index (κ2) is 7.56. The fraction of sp³-hybridized carbons (Fsp3) is 0.312. The van der Waals surface area contributed by atoms with Gasteiger partial charge in [-0.15, -0.1) is 13.2 Å². The molecule has 0 bridgehead atoms. The minimum Gasteiger partial charge on any atom is -0.406 e. The van der Waals surface area contributed by atoms with Crippen LogP contribution in [-0.2, 0) is 11.3 Å². The molecule has 0 saturated heterocycles. The van der Waals surface area contributed by atoms with Crippen LogP contribution in [0.5, 0.6) is 11.8 Å². The van der Waals surface area contributed by atoms with E-state index in [1.54, 1.807) is 4.57 Å². The molecule has 0 atom stereocenters. The Morgan fingerprint density at radius 2 is 1.96 bits per heavy atom. The molecular formula is C16H15F3N4O4. The van der Waals surface area contributed by atoms with Gasteiger partial charge >= 0.3 is 24.9 Å². The summed E-state index contributed by atoms with van der Waals surface area (Å²) in [5.74, 6) is 0.261. The number of carbonyl (C=O) groups excluding carboxylic acids is 2. The summed E-state index contributed by atoms with van der Waals surface area (Å²) in [6.07, 6.45) is -1.09. The molecule has 0 radical (unpaired) electrons. The molecule has 0 aliphatic heterocycles. The second-order valence-electron chi connectivity index (χ2n) is 5.87. The summed E-state index contributed by atoms with van der Waals surface area (Å²) in [4.78, 5) is 26.6. The molecule has 2 aromatic rings. The summed E-state index contributed by atoms with van der Waals surface area (Å²) in [5, 5.41) is 4.91. The molecule has 1 fully saturated rings. The van der Waals surface area contributed by atoms with Gasteiger partial charge in [-0.05, 0) is 43.0 Å². The third-order valence-electron chi connectivity index (χ3n) is 3.63. The number of halogens is 3. The van der Waals surface area contributed by atoms with Crippen molar-refractivity contribution in [3.8, 4) is 11.8 Å². The molecule has 11 heteroatoms. The van der Waals surface area contributed by atoms with Gasteiger partial charge in [0, 0.05) is 12.2 Å². The van der Waals surface area contributed by atoms with Crippen LogP contribution >= 0.6 is 0 Å². The molecule has 27 heavy (non-hydrogen) atoms. The highest BCUT2D eigenvalue weighted by Crippen LogP contribution is 2.32. The van der Waals surface area contributed by atoms with Crippen LogP contribution in [0, 0.1) is 5.92 Å². The number of alkyl halides is 3. The van der Waals surface area contributed by atoms with Gasteiger partial charge in [-0.1, -0.05) is 0 Å². The highest BCUT2D eigenvalue weighted by molar-refractivity contribution is 5.99. The molecule has 8 nitrogen and oxygen atoms in total. The van der Waals surface area contributed by atoms with Crippen molar-refractivity contribution < 1.29 is 32.2 Å². The first-order valence-corrected chi connectivity index (χ1v) is 7.93. The topological polar surface area (TPSA) is 94.5 Å². The minimum absolute atomic E-state index is 0.0702.